The Balaban J connectivity index is 1.60. The summed E-state index contributed by atoms with van der Waals surface area (Å²) < 4.78 is 10.5. The molecule has 0 fully saturated rings. The highest BCUT2D eigenvalue weighted by Crippen LogP contribution is 2.30. The van der Waals surface area contributed by atoms with Crippen LogP contribution in [0.2, 0.25) is 0 Å². The molecule has 1 aromatic carbocycles. The molecule has 0 atom stereocenters. The summed E-state index contributed by atoms with van der Waals surface area (Å²) >= 11 is 2.99. The maximum absolute atomic E-state index is 12.3. The Morgan fingerprint density at radius 1 is 1.30 bits per heavy atom. The first-order valence-corrected chi connectivity index (χ1v) is 10.2. The molecule has 7 nitrogen and oxygen atoms in total. The summed E-state index contributed by atoms with van der Waals surface area (Å²) in [5.74, 6) is 2.77. The number of hydrogen-bond donors (Lipinski definition) is 2. The number of amides is 1. The fourth-order valence-corrected chi connectivity index (χ4v) is 3.84. The maximum atomic E-state index is 12.3. The second-order valence-electron chi connectivity index (χ2n) is 5.52. The summed E-state index contributed by atoms with van der Waals surface area (Å²) in [5.41, 5.74) is 0.334. The molecule has 27 heavy (non-hydrogen) atoms. The molecule has 2 heterocycles. The molecule has 0 aliphatic carbocycles. The fourth-order valence-electron chi connectivity index (χ4n) is 2.48. The van der Waals surface area contributed by atoms with Crippen molar-refractivity contribution in [1.82, 2.24) is 15.3 Å². The molecule has 142 valence electrons. The average molecular weight is 406 g/mol. The lowest BCUT2D eigenvalue weighted by atomic mass is 10.2. The van der Waals surface area contributed by atoms with Crippen molar-refractivity contribution in [2.45, 2.75) is 5.75 Å². The van der Waals surface area contributed by atoms with Gasteiger partial charge in [-0.05, 0) is 17.5 Å². The molecule has 0 unspecified atom stereocenters. The Morgan fingerprint density at radius 2 is 2.07 bits per heavy atom. The van der Waals surface area contributed by atoms with E-state index < -0.39 is 0 Å². The van der Waals surface area contributed by atoms with Crippen LogP contribution in [-0.4, -0.2) is 42.4 Å². The van der Waals surface area contributed by atoms with Crippen LogP contribution in [0.15, 0.2) is 34.4 Å². The van der Waals surface area contributed by atoms with Crippen LogP contribution in [0.3, 0.4) is 0 Å². The van der Waals surface area contributed by atoms with Gasteiger partial charge in [-0.1, -0.05) is 6.07 Å². The molecule has 0 bridgehead atoms. The lowest BCUT2D eigenvalue weighted by Gasteiger charge is -2.09. The van der Waals surface area contributed by atoms with Gasteiger partial charge in [0.2, 0.25) is 0 Å². The molecule has 0 saturated carbocycles. The zero-order valence-corrected chi connectivity index (χ0v) is 16.5. The smallest absolute Gasteiger partial charge is 0.261 e. The lowest BCUT2D eigenvalue weighted by Crippen LogP contribution is -2.24. The molecule has 0 spiro atoms. The number of fused-ring (bicyclic) bond motifs is 1. The highest BCUT2D eigenvalue weighted by atomic mass is 32.2. The quantitative estimate of drug-likeness (QED) is 0.560. The number of methoxy groups -OCH3 is 2. The number of benzene rings is 1. The van der Waals surface area contributed by atoms with Crippen molar-refractivity contribution < 1.29 is 14.3 Å². The number of carbonyl (C=O) groups is 1. The van der Waals surface area contributed by atoms with E-state index in [-0.39, 0.29) is 11.5 Å². The molecule has 3 rings (SSSR count). The van der Waals surface area contributed by atoms with E-state index in [4.69, 9.17) is 9.47 Å². The fraction of sp³-hybridized carbons (Fsp3) is 0.278. The van der Waals surface area contributed by atoms with Gasteiger partial charge in [0, 0.05) is 18.4 Å². The number of hydrogen-bond acceptors (Lipinski definition) is 7. The van der Waals surface area contributed by atoms with Gasteiger partial charge in [0.25, 0.3) is 11.5 Å². The Morgan fingerprint density at radius 3 is 2.78 bits per heavy atom. The van der Waals surface area contributed by atoms with Crippen molar-refractivity contribution in [1.29, 1.82) is 0 Å². The minimum atomic E-state index is -0.220. The Labute approximate surface area is 164 Å². The highest BCUT2D eigenvalue weighted by molar-refractivity contribution is 7.98. The second-order valence-corrected chi connectivity index (χ2v) is 7.58. The first-order chi connectivity index (χ1) is 13.1. The van der Waals surface area contributed by atoms with Crippen LogP contribution in [0.5, 0.6) is 11.5 Å². The zero-order valence-electron chi connectivity index (χ0n) is 14.9. The van der Waals surface area contributed by atoms with Crippen LogP contribution in [0, 0.1) is 0 Å². The molecule has 0 aliphatic heterocycles. The minimum Gasteiger partial charge on any atom is -0.493 e. The zero-order chi connectivity index (χ0) is 19.2. The Bertz CT molecular complexity index is 986. The van der Waals surface area contributed by atoms with Gasteiger partial charge >= 0.3 is 0 Å². The topological polar surface area (TPSA) is 93.3 Å². The standard InChI is InChI=1S/C18H19N3O4S2/c1-24-13-8-11-12(9-14(13)25-2)20-16(21-17(11)22)10-26-7-5-19-18(23)15-4-3-6-27-15/h3-4,6,8-9H,5,7,10H2,1-2H3,(H,19,23)(H,20,21,22). The van der Waals surface area contributed by atoms with Crippen molar-refractivity contribution in [3.05, 3.63) is 50.7 Å². The van der Waals surface area contributed by atoms with Crippen molar-refractivity contribution >= 4 is 39.9 Å². The molecule has 0 radical (unpaired) electrons. The van der Waals surface area contributed by atoms with Gasteiger partial charge < -0.3 is 19.8 Å². The van der Waals surface area contributed by atoms with Crippen LogP contribution in [-0.2, 0) is 5.75 Å². The largest absolute Gasteiger partial charge is 0.493 e. The number of nitrogens with one attached hydrogen (secondary N) is 2. The lowest BCUT2D eigenvalue weighted by molar-refractivity contribution is 0.0960. The molecule has 9 heteroatoms. The van der Waals surface area contributed by atoms with E-state index in [1.165, 1.54) is 25.6 Å². The summed E-state index contributed by atoms with van der Waals surface area (Å²) in [6, 6.07) is 6.96. The molecule has 1 amide bonds. The first-order valence-electron chi connectivity index (χ1n) is 8.16. The monoisotopic (exact) mass is 405 g/mol. The summed E-state index contributed by atoms with van der Waals surface area (Å²) in [5, 5.41) is 5.19. The summed E-state index contributed by atoms with van der Waals surface area (Å²) in [7, 11) is 3.06. The molecule has 2 aromatic heterocycles. The van der Waals surface area contributed by atoms with Crippen LogP contribution >= 0.6 is 23.1 Å². The van der Waals surface area contributed by atoms with Gasteiger partial charge in [0.05, 0.1) is 35.8 Å². The van der Waals surface area contributed by atoms with E-state index in [0.717, 1.165) is 0 Å². The van der Waals surface area contributed by atoms with Crippen molar-refractivity contribution in [3.8, 4) is 11.5 Å². The van der Waals surface area contributed by atoms with Crippen molar-refractivity contribution in [3.63, 3.8) is 0 Å². The molecule has 3 aromatic rings. The number of H-pyrrole nitrogens is 1. The van der Waals surface area contributed by atoms with Gasteiger partial charge in [-0.3, -0.25) is 9.59 Å². The van der Waals surface area contributed by atoms with Crippen LogP contribution in [0.1, 0.15) is 15.5 Å². The molecule has 0 saturated heterocycles. The van der Waals surface area contributed by atoms with Gasteiger partial charge in [-0.2, -0.15) is 11.8 Å². The van der Waals surface area contributed by atoms with E-state index in [1.807, 2.05) is 11.4 Å². The van der Waals surface area contributed by atoms with Gasteiger partial charge in [-0.25, -0.2) is 4.98 Å². The van der Waals surface area contributed by atoms with E-state index >= 15 is 0 Å². The first kappa shape index (κ1) is 19.2. The molecule has 2 N–H and O–H groups in total. The van der Waals surface area contributed by atoms with Crippen LogP contribution in [0.4, 0.5) is 0 Å². The Kier molecular flexibility index (Phi) is 6.36. The average Bonchev–Trinajstić information content (AvgIpc) is 3.21. The third kappa shape index (κ3) is 4.61. The number of nitrogens with zero attached hydrogens (tertiary/aromatic N) is 1. The minimum absolute atomic E-state index is 0.0659. The summed E-state index contributed by atoms with van der Waals surface area (Å²) in [4.78, 5) is 32.2. The van der Waals surface area contributed by atoms with Gasteiger partial charge in [0.15, 0.2) is 11.5 Å². The predicted octanol–water partition coefficient (Wildman–Crippen LogP) is 2.67. The van der Waals surface area contributed by atoms with Crippen LogP contribution < -0.4 is 20.3 Å². The predicted molar refractivity (Wildman–Crippen MR) is 108 cm³/mol. The number of rotatable bonds is 8. The molecule has 0 aliphatic rings. The summed E-state index contributed by atoms with van der Waals surface area (Å²) in [6.07, 6.45) is 0. The van der Waals surface area contributed by atoms with Gasteiger partial charge in [0.1, 0.15) is 5.82 Å². The SMILES string of the molecule is COc1cc2nc(CSCCNC(=O)c3cccs3)[nH]c(=O)c2cc1OC. The number of aromatic amines is 1. The maximum Gasteiger partial charge on any atom is 0.261 e. The number of carbonyl (C=O) groups excluding carboxylic acids is 1. The van der Waals surface area contributed by atoms with Gasteiger partial charge in [-0.15, -0.1) is 11.3 Å². The Hall–Kier alpha value is -2.52. The third-order valence-corrected chi connectivity index (χ3v) is 5.61. The summed E-state index contributed by atoms with van der Waals surface area (Å²) in [6.45, 7) is 0.546. The van der Waals surface area contributed by atoms with Crippen LogP contribution in [0.25, 0.3) is 10.9 Å². The third-order valence-electron chi connectivity index (χ3n) is 3.78. The number of aromatic nitrogens is 2. The number of ether oxygens (including phenoxy) is 2. The number of thiophene rings is 1. The number of thioether (sulfide) groups is 1. The van der Waals surface area contributed by atoms with E-state index in [9.17, 15) is 9.59 Å². The highest BCUT2D eigenvalue weighted by Gasteiger charge is 2.11. The van der Waals surface area contributed by atoms with E-state index in [1.54, 1.807) is 30.0 Å². The van der Waals surface area contributed by atoms with Crippen molar-refractivity contribution in [2.75, 3.05) is 26.5 Å². The van der Waals surface area contributed by atoms with Crippen molar-refractivity contribution in [2.24, 2.45) is 0 Å². The second kappa shape index (κ2) is 8.92. The normalized spacial score (nSPS) is 10.7. The molecular formula is C18H19N3O4S2. The molecular weight excluding hydrogens is 386 g/mol. The van der Waals surface area contributed by atoms with E-state index in [2.05, 4.69) is 15.3 Å². The van der Waals surface area contributed by atoms with E-state index in [0.29, 0.717) is 51.2 Å².